The van der Waals surface area contributed by atoms with Crippen LogP contribution in [0.25, 0.3) is 22.5 Å². The van der Waals surface area contributed by atoms with Crippen molar-refractivity contribution < 1.29 is 8.78 Å². The minimum atomic E-state index is -0.641. The molecule has 2 bridgehead atoms. The van der Waals surface area contributed by atoms with Gasteiger partial charge in [-0.2, -0.15) is 10.2 Å². The van der Waals surface area contributed by atoms with Crippen LogP contribution in [0, 0.1) is 23.0 Å². The Balaban J connectivity index is 1.46. The molecule has 0 saturated heterocycles. The number of hydrogen-bond donors (Lipinski definition) is 0. The topological polar surface area (TPSA) is 69.4 Å². The summed E-state index contributed by atoms with van der Waals surface area (Å²) in [7, 11) is 0. The third-order valence-electron chi connectivity index (χ3n) is 8.15. The van der Waals surface area contributed by atoms with Gasteiger partial charge >= 0.3 is 0 Å². The number of fused-ring (bicyclic) bond motifs is 5. The lowest BCUT2D eigenvalue weighted by Crippen LogP contribution is -2.38. The first-order valence-electron chi connectivity index (χ1n) is 12.4. The van der Waals surface area contributed by atoms with Crippen LogP contribution in [0.15, 0.2) is 49.1 Å². The molecular weight excluding hydrogens is 458 g/mol. The van der Waals surface area contributed by atoms with Crippen molar-refractivity contribution in [3.8, 4) is 22.5 Å². The molecular formula is C28H28F2N6. The fraction of sp³-hybridized carbons (Fsp3) is 0.393. The van der Waals surface area contributed by atoms with Crippen molar-refractivity contribution in [2.75, 3.05) is 0 Å². The van der Waals surface area contributed by atoms with Crippen LogP contribution in [-0.2, 0) is 12.0 Å². The van der Waals surface area contributed by atoms with E-state index in [0.717, 1.165) is 47.6 Å². The largest absolute Gasteiger partial charge is 0.272 e. The lowest BCUT2D eigenvalue weighted by atomic mass is 9.66. The first-order valence-corrected chi connectivity index (χ1v) is 12.4. The predicted molar refractivity (Wildman–Crippen MR) is 132 cm³/mol. The van der Waals surface area contributed by atoms with Crippen LogP contribution in [0.3, 0.4) is 0 Å². The number of nitrogens with zero attached hydrogens (tertiary/aromatic N) is 6. The van der Waals surface area contributed by atoms with Crippen LogP contribution >= 0.6 is 0 Å². The molecule has 1 saturated carbocycles. The molecule has 36 heavy (non-hydrogen) atoms. The first-order chi connectivity index (χ1) is 17.2. The SMILES string of the molecule is CC(C)Cn1cc(-c2cncc([C@@]34CC[C@@H](c5cc(-c6c(F)cccc6F)nnc53)C4(C)C)n2)cn1. The van der Waals surface area contributed by atoms with Gasteiger partial charge in [-0.15, -0.1) is 5.10 Å². The van der Waals surface area contributed by atoms with Crippen molar-refractivity contribution in [2.24, 2.45) is 11.3 Å². The Labute approximate surface area is 208 Å². The molecule has 0 radical (unpaired) electrons. The van der Waals surface area contributed by atoms with Crippen LogP contribution in [0.5, 0.6) is 0 Å². The normalized spacial score (nSPS) is 21.8. The molecule has 3 heterocycles. The van der Waals surface area contributed by atoms with Gasteiger partial charge in [-0.1, -0.05) is 33.8 Å². The summed E-state index contributed by atoms with van der Waals surface area (Å²) in [6.45, 7) is 9.60. The summed E-state index contributed by atoms with van der Waals surface area (Å²) in [5.41, 5.74) is 3.76. The minimum Gasteiger partial charge on any atom is -0.272 e. The second-order valence-electron chi connectivity index (χ2n) is 11.0. The highest BCUT2D eigenvalue weighted by Gasteiger charge is 2.65. The van der Waals surface area contributed by atoms with Gasteiger partial charge in [0.15, 0.2) is 0 Å². The van der Waals surface area contributed by atoms with Gasteiger partial charge in [-0.25, -0.2) is 13.8 Å². The summed E-state index contributed by atoms with van der Waals surface area (Å²) in [5.74, 6) is -0.617. The van der Waals surface area contributed by atoms with Gasteiger partial charge in [-0.05, 0) is 53.9 Å². The number of rotatable bonds is 5. The van der Waals surface area contributed by atoms with Gasteiger partial charge < -0.3 is 0 Å². The quantitative estimate of drug-likeness (QED) is 0.349. The summed E-state index contributed by atoms with van der Waals surface area (Å²) < 4.78 is 31.0. The molecule has 0 unspecified atom stereocenters. The minimum absolute atomic E-state index is 0.136. The summed E-state index contributed by atoms with van der Waals surface area (Å²) >= 11 is 0. The van der Waals surface area contributed by atoms with Crippen LogP contribution in [0.2, 0.25) is 0 Å². The zero-order valence-corrected chi connectivity index (χ0v) is 20.8. The van der Waals surface area contributed by atoms with E-state index in [-0.39, 0.29) is 22.6 Å². The first kappa shape index (κ1) is 22.9. The zero-order valence-electron chi connectivity index (χ0n) is 20.8. The standard InChI is InChI=1S/C28H28F2N6/c1-16(2)14-36-15-17(11-32-36)23-12-31-13-24(33-23)28-9-8-19(27(28,3)4)18-10-22(34-35-26(18)28)25-20(29)6-5-7-21(25)30/h5-7,10-13,15-16,19H,8-9,14H2,1-4H3/t19-,28-/m0/s1. The van der Waals surface area contributed by atoms with Crippen molar-refractivity contribution in [2.45, 2.75) is 58.4 Å². The van der Waals surface area contributed by atoms with E-state index >= 15 is 0 Å². The monoisotopic (exact) mass is 486 g/mol. The predicted octanol–water partition coefficient (Wildman–Crippen LogP) is 5.93. The van der Waals surface area contributed by atoms with Crippen LogP contribution in [0.4, 0.5) is 8.78 Å². The summed E-state index contributed by atoms with van der Waals surface area (Å²) in [6, 6.07) is 5.67. The van der Waals surface area contributed by atoms with Gasteiger partial charge in [-0.3, -0.25) is 9.67 Å². The molecule has 1 fully saturated rings. The van der Waals surface area contributed by atoms with Crippen LogP contribution in [-0.4, -0.2) is 29.9 Å². The average Bonchev–Trinajstić information content (AvgIpc) is 3.46. The van der Waals surface area contributed by atoms with Crippen LogP contribution in [0.1, 0.15) is 63.4 Å². The smallest absolute Gasteiger partial charge is 0.135 e. The molecule has 0 amide bonds. The maximum atomic E-state index is 14.5. The number of benzene rings is 1. The summed E-state index contributed by atoms with van der Waals surface area (Å²) in [6.07, 6.45) is 9.22. The lowest BCUT2D eigenvalue weighted by Gasteiger charge is -2.37. The van der Waals surface area contributed by atoms with Gasteiger partial charge in [0, 0.05) is 24.5 Å². The molecule has 6 nitrogen and oxygen atoms in total. The lowest BCUT2D eigenvalue weighted by molar-refractivity contribution is 0.242. The molecule has 8 heteroatoms. The number of hydrogen-bond acceptors (Lipinski definition) is 5. The van der Waals surface area contributed by atoms with Crippen molar-refractivity contribution >= 4 is 0 Å². The van der Waals surface area contributed by atoms with Crippen molar-refractivity contribution in [3.63, 3.8) is 0 Å². The molecule has 3 aromatic heterocycles. The highest BCUT2D eigenvalue weighted by atomic mass is 19.1. The number of aromatic nitrogens is 6. The molecule has 4 aromatic rings. The van der Waals surface area contributed by atoms with Gasteiger partial charge in [0.1, 0.15) is 11.6 Å². The Morgan fingerprint density at radius 3 is 2.58 bits per heavy atom. The zero-order chi connectivity index (χ0) is 25.2. The maximum absolute atomic E-state index is 14.5. The molecule has 2 aliphatic rings. The fourth-order valence-corrected chi connectivity index (χ4v) is 6.44. The highest BCUT2D eigenvalue weighted by molar-refractivity contribution is 5.64. The van der Waals surface area contributed by atoms with E-state index in [0.29, 0.717) is 5.92 Å². The van der Waals surface area contributed by atoms with Gasteiger partial charge in [0.05, 0.1) is 46.1 Å². The van der Waals surface area contributed by atoms with E-state index in [9.17, 15) is 8.78 Å². The Bertz CT molecular complexity index is 1460. The summed E-state index contributed by atoms with van der Waals surface area (Å²) in [4.78, 5) is 9.65. The van der Waals surface area contributed by atoms with Crippen LogP contribution < -0.4 is 0 Å². The van der Waals surface area contributed by atoms with Crippen molar-refractivity contribution in [1.29, 1.82) is 0 Å². The Hall–Kier alpha value is -3.55. The summed E-state index contributed by atoms with van der Waals surface area (Å²) in [5, 5.41) is 13.4. The molecule has 0 aliphatic heterocycles. The Kier molecular flexibility index (Phi) is 5.07. The third-order valence-corrected chi connectivity index (χ3v) is 8.15. The maximum Gasteiger partial charge on any atom is 0.135 e. The highest BCUT2D eigenvalue weighted by Crippen LogP contribution is 2.69. The van der Waals surface area contributed by atoms with E-state index in [1.807, 2.05) is 29.3 Å². The van der Waals surface area contributed by atoms with E-state index < -0.39 is 17.0 Å². The second-order valence-corrected chi connectivity index (χ2v) is 11.0. The van der Waals surface area contributed by atoms with Gasteiger partial charge in [0.2, 0.25) is 0 Å². The Morgan fingerprint density at radius 2 is 1.83 bits per heavy atom. The molecule has 1 aromatic carbocycles. The van der Waals surface area contributed by atoms with Crippen molar-refractivity contribution in [3.05, 3.63) is 77.6 Å². The second kappa shape index (κ2) is 7.98. The van der Waals surface area contributed by atoms with E-state index in [4.69, 9.17) is 4.98 Å². The molecule has 6 rings (SSSR count). The Morgan fingerprint density at radius 1 is 1.06 bits per heavy atom. The molecule has 0 spiro atoms. The fourth-order valence-electron chi connectivity index (χ4n) is 6.44. The average molecular weight is 487 g/mol. The van der Waals surface area contributed by atoms with Gasteiger partial charge in [0.25, 0.3) is 0 Å². The molecule has 184 valence electrons. The van der Waals surface area contributed by atoms with Crippen molar-refractivity contribution in [1.82, 2.24) is 29.9 Å². The molecule has 2 aliphatic carbocycles. The molecule has 2 atom stereocenters. The van der Waals surface area contributed by atoms with E-state index in [2.05, 4.69) is 48.0 Å². The third kappa shape index (κ3) is 3.16. The van der Waals surface area contributed by atoms with E-state index in [1.165, 1.54) is 18.2 Å². The number of halogens is 2. The van der Waals surface area contributed by atoms with E-state index in [1.54, 1.807) is 6.20 Å². The molecule has 0 N–H and O–H groups in total.